The van der Waals surface area contributed by atoms with Crippen molar-refractivity contribution in [2.75, 3.05) is 19.8 Å². The molecule has 25 heavy (non-hydrogen) atoms. The van der Waals surface area contributed by atoms with Gasteiger partial charge in [0.25, 0.3) is 0 Å². The predicted octanol–water partition coefficient (Wildman–Crippen LogP) is 3.38. The van der Waals surface area contributed by atoms with Crippen molar-refractivity contribution >= 4 is 10.4 Å². The highest BCUT2D eigenvalue weighted by Crippen LogP contribution is 2.09. The fraction of sp³-hybridized carbons (Fsp3) is 1.00. The smallest absolute Gasteiger partial charge is 0.376 e. The van der Waals surface area contributed by atoms with E-state index in [-0.39, 0.29) is 24.9 Å². The number of ether oxygens (including phenoxy) is 3. The largest absolute Gasteiger partial charge is 0.397 e. The maximum absolute atomic E-state index is 10.6. The molecule has 0 fully saturated rings. The molecular weight excluding hydrogens is 348 g/mol. The van der Waals surface area contributed by atoms with E-state index in [0.29, 0.717) is 13.2 Å². The highest BCUT2D eigenvalue weighted by Gasteiger charge is 2.15. The first-order valence-corrected chi connectivity index (χ1v) is 10.5. The summed E-state index contributed by atoms with van der Waals surface area (Å²) in [6.45, 7) is 10.5. The number of hydrogen-bond donors (Lipinski definition) is 1. The van der Waals surface area contributed by atoms with Gasteiger partial charge >= 0.3 is 10.4 Å². The summed E-state index contributed by atoms with van der Waals surface area (Å²) in [4.78, 5) is 0. The van der Waals surface area contributed by atoms with Gasteiger partial charge in [-0.25, -0.2) is 4.18 Å². The van der Waals surface area contributed by atoms with Crippen LogP contribution in [0.2, 0.25) is 0 Å². The standard InChI is InChI=1S/C17H36O7S/c1-6-7-8-9-10-14(2)21-11-15(3)22-12-16(4)23-13-17(5)24-25(18,19)20/h14-17H,6-13H2,1-5H3,(H,18,19,20). The van der Waals surface area contributed by atoms with Gasteiger partial charge in [-0.2, -0.15) is 8.42 Å². The van der Waals surface area contributed by atoms with Gasteiger partial charge in [0.15, 0.2) is 0 Å². The molecule has 0 heterocycles. The second kappa shape index (κ2) is 13.9. The maximum atomic E-state index is 10.6. The molecule has 4 unspecified atom stereocenters. The Labute approximate surface area is 153 Å². The van der Waals surface area contributed by atoms with Gasteiger partial charge in [-0.05, 0) is 34.1 Å². The average molecular weight is 385 g/mol. The minimum absolute atomic E-state index is 0.0456. The normalized spacial score (nSPS) is 17.2. The molecule has 0 aliphatic heterocycles. The van der Waals surface area contributed by atoms with E-state index in [4.69, 9.17) is 18.8 Å². The Kier molecular flexibility index (Phi) is 13.7. The molecule has 8 heteroatoms. The van der Waals surface area contributed by atoms with Crippen LogP contribution in [-0.4, -0.2) is 57.2 Å². The van der Waals surface area contributed by atoms with Gasteiger partial charge < -0.3 is 14.2 Å². The summed E-state index contributed by atoms with van der Waals surface area (Å²) in [5.74, 6) is 0. The van der Waals surface area contributed by atoms with Crippen LogP contribution < -0.4 is 0 Å². The highest BCUT2D eigenvalue weighted by molar-refractivity contribution is 7.80. The number of unbranched alkanes of at least 4 members (excludes halogenated alkanes) is 3. The van der Waals surface area contributed by atoms with Crippen LogP contribution in [0.25, 0.3) is 0 Å². The molecule has 0 aromatic rings. The lowest BCUT2D eigenvalue weighted by molar-refractivity contribution is -0.0770. The van der Waals surface area contributed by atoms with E-state index in [9.17, 15) is 8.42 Å². The van der Waals surface area contributed by atoms with Crippen LogP contribution in [0.15, 0.2) is 0 Å². The zero-order chi connectivity index (χ0) is 19.3. The third-order valence-electron chi connectivity index (χ3n) is 3.60. The van der Waals surface area contributed by atoms with Crippen molar-refractivity contribution in [1.82, 2.24) is 0 Å². The van der Waals surface area contributed by atoms with Gasteiger partial charge in [0.05, 0.1) is 44.2 Å². The summed E-state index contributed by atoms with van der Waals surface area (Å²) in [5, 5.41) is 0. The summed E-state index contributed by atoms with van der Waals surface area (Å²) in [7, 11) is -4.45. The lowest BCUT2D eigenvalue weighted by atomic mass is 10.1. The van der Waals surface area contributed by atoms with Crippen LogP contribution in [0.3, 0.4) is 0 Å². The Morgan fingerprint density at radius 1 is 0.760 bits per heavy atom. The van der Waals surface area contributed by atoms with Crippen molar-refractivity contribution in [2.24, 2.45) is 0 Å². The quantitative estimate of drug-likeness (QED) is 0.322. The minimum atomic E-state index is -4.45. The lowest BCUT2D eigenvalue weighted by Crippen LogP contribution is -2.28. The van der Waals surface area contributed by atoms with Crippen LogP contribution in [0.5, 0.6) is 0 Å². The topological polar surface area (TPSA) is 91.3 Å². The SMILES string of the molecule is CCCCCCC(C)OCC(C)OCC(C)OCC(C)OS(=O)(=O)O. The maximum Gasteiger partial charge on any atom is 0.397 e. The predicted molar refractivity (Wildman–Crippen MR) is 97.1 cm³/mol. The molecule has 0 saturated carbocycles. The van der Waals surface area contributed by atoms with E-state index in [1.54, 1.807) is 0 Å². The second-order valence-electron chi connectivity index (χ2n) is 6.62. The van der Waals surface area contributed by atoms with Crippen molar-refractivity contribution in [3.63, 3.8) is 0 Å². The van der Waals surface area contributed by atoms with Crippen LogP contribution >= 0.6 is 0 Å². The molecular formula is C17H36O7S. The van der Waals surface area contributed by atoms with Gasteiger partial charge in [0, 0.05) is 0 Å². The monoisotopic (exact) mass is 384 g/mol. The van der Waals surface area contributed by atoms with E-state index in [1.807, 2.05) is 13.8 Å². The first-order valence-electron chi connectivity index (χ1n) is 9.14. The van der Waals surface area contributed by atoms with Crippen molar-refractivity contribution in [3.8, 4) is 0 Å². The zero-order valence-corrected chi connectivity index (χ0v) is 17.1. The van der Waals surface area contributed by atoms with E-state index in [2.05, 4.69) is 18.0 Å². The van der Waals surface area contributed by atoms with Crippen LogP contribution in [0.4, 0.5) is 0 Å². The van der Waals surface area contributed by atoms with Gasteiger partial charge in [0.2, 0.25) is 0 Å². The molecule has 0 rings (SSSR count). The molecule has 0 aliphatic carbocycles. The fourth-order valence-corrected chi connectivity index (χ4v) is 2.64. The lowest BCUT2D eigenvalue weighted by Gasteiger charge is -2.21. The summed E-state index contributed by atoms with van der Waals surface area (Å²) in [6.07, 6.45) is 5.24. The molecule has 7 nitrogen and oxygen atoms in total. The Balaban J connectivity index is 3.74. The molecule has 0 aliphatic rings. The molecule has 152 valence electrons. The van der Waals surface area contributed by atoms with Gasteiger partial charge in [-0.3, -0.25) is 4.55 Å². The molecule has 0 aromatic carbocycles. The first kappa shape index (κ1) is 24.8. The van der Waals surface area contributed by atoms with Crippen molar-refractivity contribution in [2.45, 2.75) is 91.1 Å². The minimum Gasteiger partial charge on any atom is -0.376 e. The molecule has 0 bridgehead atoms. The molecule has 1 N–H and O–H groups in total. The Morgan fingerprint density at radius 3 is 1.72 bits per heavy atom. The Hall–Kier alpha value is -0.250. The van der Waals surface area contributed by atoms with Crippen LogP contribution in [-0.2, 0) is 28.8 Å². The summed E-state index contributed by atoms with van der Waals surface area (Å²) >= 11 is 0. The molecule has 0 amide bonds. The third-order valence-corrected chi connectivity index (χ3v) is 4.17. The molecule has 4 atom stereocenters. The summed E-state index contributed by atoms with van der Waals surface area (Å²) in [6, 6.07) is 0. The fourth-order valence-electron chi connectivity index (χ4n) is 2.17. The van der Waals surface area contributed by atoms with Crippen LogP contribution in [0, 0.1) is 0 Å². The van der Waals surface area contributed by atoms with E-state index in [1.165, 1.54) is 32.6 Å². The molecule has 0 aromatic heterocycles. The van der Waals surface area contributed by atoms with E-state index >= 15 is 0 Å². The third kappa shape index (κ3) is 16.9. The average Bonchev–Trinajstić information content (AvgIpc) is 2.51. The highest BCUT2D eigenvalue weighted by atomic mass is 32.3. The number of hydrogen-bond acceptors (Lipinski definition) is 6. The van der Waals surface area contributed by atoms with Crippen molar-refractivity contribution in [3.05, 3.63) is 0 Å². The second-order valence-corrected chi connectivity index (χ2v) is 7.66. The Bertz CT molecular complexity index is 413. The van der Waals surface area contributed by atoms with E-state index in [0.717, 1.165) is 6.42 Å². The van der Waals surface area contributed by atoms with Gasteiger partial charge in [-0.15, -0.1) is 0 Å². The Morgan fingerprint density at radius 2 is 1.24 bits per heavy atom. The molecule has 0 radical (unpaired) electrons. The van der Waals surface area contributed by atoms with E-state index < -0.39 is 16.5 Å². The summed E-state index contributed by atoms with van der Waals surface area (Å²) < 4.78 is 51.0. The van der Waals surface area contributed by atoms with Gasteiger partial charge in [-0.1, -0.05) is 32.6 Å². The summed E-state index contributed by atoms with van der Waals surface area (Å²) in [5.41, 5.74) is 0. The molecule has 0 spiro atoms. The van der Waals surface area contributed by atoms with Crippen LogP contribution in [0.1, 0.15) is 66.7 Å². The first-order chi connectivity index (χ1) is 11.6. The van der Waals surface area contributed by atoms with Crippen molar-refractivity contribution in [1.29, 1.82) is 0 Å². The van der Waals surface area contributed by atoms with Gasteiger partial charge in [0.1, 0.15) is 0 Å². The van der Waals surface area contributed by atoms with Crippen molar-refractivity contribution < 1.29 is 31.4 Å². The molecule has 0 saturated heterocycles. The zero-order valence-electron chi connectivity index (χ0n) is 16.3. The number of rotatable bonds is 16.